The molecule has 0 saturated carbocycles. The highest BCUT2D eigenvalue weighted by Crippen LogP contribution is 2.23. The van der Waals surface area contributed by atoms with Crippen LogP contribution < -0.4 is 10.5 Å². The fourth-order valence-corrected chi connectivity index (χ4v) is 4.17. The monoisotopic (exact) mass is 394 g/mol. The summed E-state index contributed by atoms with van der Waals surface area (Å²) in [6.45, 7) is 0.343. The van der Waals surface area contributed by atoms with Crippen LogP contribution in [-0.4, -0.2) is 8.42 Å². The molecule has 18 heavy (non-hydrogen) atoms. The molecular weight excluding hydrogens is 383 g/mol. The van der Waals surface area contributed by atoms with Gasteiger partial charge in [-0.15, -0.1) is 11.3 Å². The maximum absolute atomic E-state index is 12.1. The summed E-state index contributed by atoms with van der Waals surface area (Å²) in [4.78, 5) is 0. The Morgan fingerprint density at radius 3 is 2.72 bits per heavy atom. The molecule has 2 rings (SSSR count). The summed E-state index contributed by atoms with van der Waals surface area (Å²) in [6, 6.07) is 8.79. The summed E-state index contributed by atoms with van der Waals surface area (Å²) < 4.78 is 28.0. The summed E-state index contributed by atoms with van der Waals surface area (Å²) in [5.74, 6) is 0. The molecule has 4 nitrogen and oxygen atoms in total. The maximum Gasteiger partial charge on any atom is 0.271 e. The highest BCUT2D eigenvalue weighted by molar-refractivity contribution is 14.1. The van der Waals surface area contributed by atoms with E-state index in [2.05, 4.69) is 27.3 Å². The van der Waals surface area contributed by atoms with E-state index in [4.69, 9.17) is 5.73 Å². The average molecular weight is 394 g/mol. The highest BCUT2D eigenvalue weighted by Gasteiger charge is 2.16. The Labute approximate surface area is 123 Å². The standard InChI is InChI=1S/C11H11IN2O2S2/c12-9-2-1-3-10(5-9)14-18(15,16)11-4-8(6-13)7-17-11/h1-5,7,14H,6,13H2. The number of nitrogens with one attached hydrogen (secondary N) is 1. The average Bonchev–Trinajstić information content (AvgIpc) is 2.77. The molecule has 0 amide bonds. The van der Waals surface area contributed by atoms with E-state index >= 15 is 0 Å². The number of halogens is 1. The van der Waals surface area contributed by atoms with Gasteiger partial charge in [-0.1, -0.05) is 6.07 Å². The molecule has 0 aliphatic rings. The Balaban J connectivity index is 2.27. The van der Waals surface area contributed by atoms with Crippen LogP contribution >= 0.6 is 33.9 Å². The van der Waals surface area contributed by atoms with Crippen molar-refractivity contribution in [3.63, 3.8) is 0 Å². The number of hydrogen-bond acceptors (Lipinski definition) is 4. The van der Waals surface area contributed by atoms with Gasteiger partial charge in [-0.3, -0.25) is 4.72 Å². The van der Waals surface area contributed by atoms with Gasteiger partial charge in [0.05, 0.1) is 0 Å². The Kier molecular flexibility index (Phi) is 4.25. The van der Waals surface area contributed by atoms with Crippen molar-refractivity contribution in [2.45, 2.75) is 10.8 Å². The van der Waals surface area contributed by atoms with E-state index in [-0.39, 0.29) is 4.21 Å². The normalized spacial score (nSPS) is 11.4. The van der Waals surface area contributed by atoms with Crippen LogP contribution in [0.5, 0.6) is 0 Å². The first-order valence-electron chi connectivity index (χ1n) is 5.07. The number of hydrogen-bond donors (Lipinski definition) is 2. The highest BCUT2D eigenvalue weighted by atomic mass is 127. The number of anilines is 1. The molecule has 0 bridgehead atoms. The van der Waals surface area contributed by atoms with Gasteiger partial charge in [-0.05, 0) is 57.8 Å². The topological polar surface area (TPSA) is 72.2 Å². The van der Waals surface area contributed by atoms with Crippen LogP contribution in [0.15, 0.2) is 39.9 Å². The molecule has 0 fully saturated rings. The molecule has 0 atom stereocenters. The first-order valence-corrected chi connectivity index (χ1v) is 8.51. The van der Waals surface area contributed by atoms with Crippen molar-refractivity contribution in [3.05, 3.63) is 44.8 Å². The van der Waals surface area contributed by atoms with E-state index in [1.165, 1.54) is 11.3 Å². The van der Waals surface area contributed by atoms with Gasteiger partial charge < -0.3 is 5.73 Å². The second-order valence-electron chi connectivity index (χ2n) is 3.59. The second kappa shape index (κ2) is 5.55. The van der Waals surface area contributed by atoms with Crippen molar-refractivity contribution in [1.29, 1.82) is 0 Å². The predicted molar refractivity (Wildman–Crippen MR) is 82.2 cm³/mol. The minimum atomic E-state index is -3.51. The van der Waals surface area contributed by atoms with E-state index < -0.39 is 10.0 Å². The van der Waals surface area contributed by atoms with Gasteiger partial charge in [-0.2, -0.15) is 0 Å². The zero-order valence-electron chi connectivity index (χ0n) is 9.26. The van der Waals surface area contributed by atoms with Crippen LogP contribution in [-0.2, 0) is 16.6 Å². The van der Waals surface area contributed by atoms with Crippen LogP contribution in [0.25, 0.3) is 0 Å². The second-order valence-corrected chi connectivity index (χ2v) is 7.66. The van der Waals surface area contributed by atoms with Gasteiger partial charge in [0, 0.05) is 15.8 Å². The third kappa shape index (κ3) is 3.22. The van der Waals surface area contributed by atoms with Gasteiger partial charge >= 0.3 is 0 Å². The molecule has 2 aromatic rings. The molecule has 3 N–H and O–H groups in total. The van der Waals surface area contributed by atoms with Crippen molar-refractivity contribution in [2.75, 3.05) is 4.72 Å². The van der Waals surface area contributed by atoms with E-state index in [1.54, 1.807) is 29.6 Å². The van der Waals surface area contributed by atoms with Crippen molar-refractivity contribution in [2.24, 2.45) is 5.73 Å². The predicted octanol–water partition coefficient (Wildman–Crippen LogP) is 2.61. The third-order valence-corrected chi connectivity index (χ3v) is 5.75. The van der Waals surface area contributed by atoms with Crippen LogP contribution in [0.3, 0.4) is 0 Å². The fourth-order valence-electron chi connectivity index (χ4n) is 1.36. The zero-order chi connectivity index (χ0) is 13.2. The lowest BCUT2D eigenvalue weighted by Gasteiger charge is -2.06. The van der Waals surface area contributed by atoms with Gasteiger partial charge in [0.25, 0.3) is 10.0 Å². The Hall–Kier alpha value is -0.640. The Morgan fingerprint density at radius 1 is 1.33 bits per heavy atom. The Bertz CT molecular complexity index is 653. The van der Waals surface area contributed by atoms with E-state index in [0.29, 0.717) is 12.2 Å². The van der Waals surface area contributed by atoms with Crippen molar-refractivity contribution >= 4 is 49.6 Å². The lowest BCUT2D eigenvalue weighted by atomic mass is 10.3. The van der Waals surface area contributed by atoms with Crippen LogP contribution in [0.1, 0.15) is 5.56 Å². The number of thiophene rings is 1. The lowest BCUT2D eigenvalue weighted by molar-refractivity contribution is 0.603. The van der Waals surface area contributed by atoms with E-state index in [1.807, 2.05) is 6.07 Å². The maximum atomic E-state index is 12.1. The zero-order valence-corrected chi connectivity index (χ0v) is 13.1. The minimum absolute atomic E-state index is 0.279. The third-order valence-electron chi connectivity index (χ3n) is 2.21. The summed E-state index contributed by atoms with van der Waals surface area (Å²) in [5, 5.41) is 1.75. The van der Waals surface area contributed by atoms with Crippen molar-refractivity contribution in [1.82, 2.24) is 0 Å². The molecule has 0 aliphatic carbocycles. The summed E-state index contributed by atoms with van der Waals surface area (Å²) in [5.41, 5.74) is 6.85. The molecule has 1 aromatic heterocycles. The molecule has 1 heterocycles. The molecule has 0 radical (unpaired) electrons. The van der Waals surface area contributed by atoms with Crippen LogP contribution in [0, 0.1) is 3.57 Å². The molecule has 1 aromatic carbocycles. The molecule has 0 unspecified atom stereocenters. The summed E-state index contributed by atoms with van der Waals surface area (Å²) in [7, 11) is -3.51. The van der Waals surface area contributed by atoms with E-state index in [9.17, 15) is 8.42 Å². The van der Waals surface area contributed by atoms with Crippen molar-refractivity contribution < 1.29 is 8.42 Å². The first-order chi connectivity index (χ1) is 8.51. The summed E-state index contributed by atoms with van der Waals surface area (Å²) in [6.07, 6.45) is 0. The van der Waals surface area contributed by atoms with Crippen molar-refractivity contribution in [3.8, 4) is 0 Å². The molecule has 0 aliphatic heterocycles. The largest absolute Gasteiger partial charge is 0.326 e. The first kappa shape index (κ1) is 13.8. The van der Waals surface area contributed by atoms with Gasteiger partial charge in [0.15, 0.2) is 0 Å². The summed E-state index contributed by atoms with van der Waals surface area (Å²) >= 11 is 3.31. The number of sulfonamides is 1. The lowest BCUT2D eigenvalue weighted by Crippen LogP contribution is -2.11. The van der Waals surface area contributed by atoms with Gasteiger partial charge in [0.1, 0.15) is 4.21 Å². The van der Waals surface area contributed by atoms with Gasteiger partial charge in [-0.25, -0.2) is 8.42 Å². The molecule has 0 saturated heterocycles. The van der Waals surface area contributed by atoms with Crippen LogP contribution in [0.4, 0.5) is 5.69 Å². The Morgan fingerprint density at radius 2 is 2.11 bits per heavy atom. The fraction of sp³-hybridized carbons (Fsp3) is 0.0909. The smallest absolute Gasteiger partial charge is 0.271 e. The number of nitrogens with two attached hydrogens (primary N) is 1. The van der Waals surface area contributed by atoms with Gasteiger partial charge in [0.2, 0.25) is 0 Å². The molecule has 96 valence electrons. The quantitative estimate of drug-likeness (QED) is 0.784. The molecule has 7 heteroatoms. The molecule has 0 spiro atoms. The molecular formula is C11H11IN2O2S2. The SMILES string of the molecule is NCc1csc(S(=O)(=O)Nc2cccc(I)c2)c1. The van der Waals surface area contributed by atoms with Crippen LogP contribution in [0.2, 0.25) is 0 Å². The number of rotatable bonds is 4. The van der Waals surface area contributed by atoms with E-state index in [0.717, 1.165) is 9.13 Å². The minimum Gasteiger partial charge on any atom is -0.326 e. The number of benzene rings is 1.